The maximum Gasteiger partial charge on any atom is 0.305 e. The van der Waals surface area contributed by atoms with E-state index in [9.17, 15) is 14.4 Å². The molecule has 2 N–H and O–H groups in total. The van der Waals surface area contributed by atoms with Gasteiger partial charge in [-0.1, -0.05) is 43.7 Å². The van der Waals surface area contributed by atoms with Crippen LogP contribution in [0.4, 0.5) is 0 Å². The van der Waals surface area contributed by atoms with Crippen molar-refractivity contribution in [1.29, 1.82) is 0 Å². The number of hydrogen-bond acceptors (Lipinski definition) is 5. The monoisotopic (exact) mass is 515 g/mol. The molecule has 194 valence electrons. The summed E-state index contributed by atoms with van der Waals surface area (Å²) < 4.78 is 5.86. The van der Waals surface area contributed by atoms with Crippen LogP contribution in [0.15, 0.2) is 54.6 Å². The van der Waals surface area contributed by atoms with Gasteiger partial charge in [0.2, 0.25) is 11.8 Å². The van der Waals surface area contributed by atoms with Crippen molar-refractivity contribution in [3.63, 3.8) is 0 Å². The van der Waals surface area contributed by atoms with Crippen molar-refractivity contribution in [2.75, 3.05) is 19.6 Å². The summed E-state index contributed by atoms with van der Waals surface area (Å²) in [5, 5.41) is 11.9. The lowest BCUT2D eigenvalue weighted by Crippen LogP contribution is -2.73. The van der Waals surface area contributed by atoms with Crippen LogP contribution >= 0.6 is 12.4 Å². The number of hydrogen-bond donors (Lipinski definition) is 2. The fourth-order valence-corrected chi connectivity index (χ4v) is 4.95. The predicted molar refractivity (Wildman–Crippen MR) is 138 cm³/mol. The van der Waals surface area contributed by atoms with E-state index in [-0.39, 0.29) is 30.6 Å². The molecular weight excluding hydrogens is 482 g/mol. The maximum absolute atomic E-state index is 13.2. The van der Waals surface area contributed by atoms with Gasteiger partial charge >= 0.3 is 5.97 Å². The molecule has 0 bridgehead atoms. The van der Waals surface area contributed by atoms with Gasteiger partial charge in [-0.15, -0.1) is 12.4 Å². The van der Waals surface area contributed by atoms with E-state index in [1.807, 2.05) is 61.5 Å². The minimum Gasteiger partial charge on any atom is -0.481 e. The quantitative estimate of drug-likeness (QED) is 0.526. The molecule has 4 rings (SSSR count). The fourth-order valence-electron chi connectivity index (χ4n) is 4.95. The SMILES string of the molecule is CCCCN1C(=O)C(CC(=O)O)NC(=O)C12CCN(Cc1ccc(Oc3ccccc3)cc1)CC2.Cl. The van der Waals surface area contributed by atoms with Crippen LogP contribution in [0.2, 0.25) is 0 Å². The zero-order valence-corrected chi connectivity index (χ0v) is 21.3. The van der Waals surface area contributed by atoms with E-state index >= 15 is 0 Å². The topological polar surface area (TPSA) is 99.2 Å². The number of carbonyl (C=O) groups is 3. The van der Waals surface area contributed by atoms with Crippen molar-refractivity contribution in [3.8, 4) is 11.5 Å². The summed E-state index contributed by atoms with van der Waals surface area (Å²) in [4.78, 5) is 41.5. The van der Waals surface area contributed by atoms with Crippen LogP contribution in [-0.2, 0) is 20.9 Å². The zero-order chi connectivity index (χ0) is 24.8. The van der Waals surface area contributed by atoms with E-state index in [0.29, 0.717) is 32.5 Å². The van der Waals surface area contributed by atoms with E-state index in [1.54, 1.807) is 4.90 Å². The molecule has 2 aromatic carbocycles. The van der Waals surface area contributed by atoms with Gasteiger partial charge in [-0.3, -0.25) is 19.3 Å². The number of amides is 2. The number of carboxylic acid groups (broad SMARTS) is 1. The van der Waals surface area contributed by atoms with E-state index in [1.165, 1.54) is 0 Å². The summed E-state index contributed by atoms with van der Waals surface area (Å²) in [5.41, 5.74) is 0.250. The number of ether oxygens (including phenoxy) is 1. The Labute approximate surface area is 218 Å². The average Bonchev–Trinajstić information content (AvgIpc) is 2.85. The first-order chi connectivity index (χ1) is 16.9. The molecule has 1 spiro atoms. The van der Waals surface area contributed by atoms with Crippen molar-refractivity contribution >= 4 is 30.2 Å². The molecule has 0 aliphatic carbocycles. The van der Waals surface area contributed by atoms with E-state index in [0.717, 1.165) is 36.4 Å². The number of piperazine rings is 1. The van der Waals surface area contributed by atoms with Crippen LogP contribution in [0.3, 0.4) is 0 Å². The Balaban J connectivity index is 0.00000361. The number of carbonyl (C=O) groups excluding carboxylic acids is 2. The van der Waals surface area contributed by atoms with Gasteiger partial charge in [0.25, 0.3) is 0 Å². The van der Waals surface area contributed by atoms with Gasteiger partial charge < -0.3 is 20.1 Å². The van der Waals surface area contributed by atoms with Crippen molar-refractivity contribution < 1.29 is 24.2 Å². The van der Waals surface area contributed by atoms with Crippen LogP contribution in [0.25, 0.3) is 0 Å². The van der Waals surface area contributed by atoms with Gasteiger partial charge in [-0.25, -0.2) is 0 Å². The van der Waals surface area contributed by atoms with Gasteiger partial charge in [-0.05, 0) is 49.1 Å². The zero-order valence-electron chi connectivity index (χ0n) is 20.5. The summed E-state index contributed by atoms with van der Waals surface area (Å²) in [5.74, 6) is -0.0213. The first-order valence-corrected chi connectivity index (χ1v) is 12.3. The van der Waals surface area contributed by atoms with E-state index in [2.05, 4.69) is 10.2 Å². The second kappa shape index (κ2) is 12.2. The Morgan fingerprint density at radius 3 is 2.31 bits per heavy atom. The number of nitrogens with one attached hydrogen (secondary N) is 1. The summed E-state index contributed by atoms with van der Waals surface area (Å²) >= 11 is 0. The number of benzene rings is 2. The molecule has 2 aliphatic heterocycles. The van der Waals surface area contributed by atoms with Crippen LogP contribution in [-0.4, -0.2) is 63.9 Å². The number of nitrogens with zero attached hydrogens (tertiary/aromatic N) is 2. The highest BCUT2D eigenvalue weighted by Crippen LogP contribution is 2.34. The molecule has 1 unspecified atom stereocenters. The first-order valence-electron chi connectivity index (χ1n) is 12.3. The number of carboxylic acids is 1. The Bertz CT molecular complexity index is 1040. The Kier molecular flexibility index (Phi) is 9.34. The molecule has 0 saturated carbocycles. The standard InChI is InChI=1S/C27H33N3O5.ClH/c1-2-3-15-30-25(33)23(18-24(31)32)28-26(34)27(30)13-16-29(17-14-27)19-20-9-11-22(12-10-20)35-21-7-5-4-6-8-21;/h4-12,23H,2-3,13-19H2,1H3,(H,28,34)(H,31,32);1H. The van der Waals surface area contributed by atoms with Crippen LogP contribution in [0.1, 0.15) is 44.6 Å². The average molecular weight is 516 g/mol. The molecule has 9 heteroatoms. The number of piperidine rings is 1. The summed E-state index contributed by atoms with van der Waals surface area (Å²) in [6.07, 6.45) is 2.34. The van der Waals surface area contributed by atoms with Gasteiger partial charge in [-0.2, -0.15) is 0 Å². The van der Waals surface area contributed by atoms with Crippen molar-refractivity contribution in [2.24, 2.45) is 0 Å². The fraction of sp³-hybridized carbons (Fsp3) is 0.444. The summed E-state index contributed by atoms with van der Waals surface area (Å²) in [7, 11) is 0. The lowest BCUT2D eigenvalue weighted by Gasteiger charge is -2.51. The number of rotatable bonds is 9. The molecule has 2 saturated heterocycles. The van der Waals surface area contributed by atoms with Crippen molar-refractivity contribution in [3.05, 3.63) is 60.2 Å². The number of aliphatic carboxylic acids is 1. The van der Waals surface area contributed by atoms with Crippen LogP contribution < -0.4 is 10.1 Å². The molecule has 1 atom stereocenters. The highest BCUT2D eigenvalue weighted by molar-refractivity contribution is 6.01. The number of unbranched alkanes of at least 4 members (excludes halogenated alkanes) is 1. The largest absolute Gasteiger partial charge is 0.481 e. The number of likely N-dealkylation sites (tertiary alicyclic amines) is 1. The normalized spacial score (nSPS) is 19.5. The highest BCUT2D eigenvalue weighted by Gasteiger charge is 2.53. The predicted octanol–water partition coefficient (Wildman–Crippen LogP) is 3.84. The van der Waals surface area contributed by atoms with Crippen molar-refractivity contribution in [1.82, 2.24) is 15.1 Å². The minimum atomic E-state index is -1.09. The van der Waals surface area contributed by atoms with E-state index < -0.39 is 17.6 Å². The lowest BCUT2D eigenvalue weighted by molar-refractivity contribution is -0.163. The molecular formula is C27H34ClN3O5. The van der Waals surface area contributed by atoms with Gasteiger partial charge in [0.05, 0.1) is 6.42 Å². The smallest absolute Gasteiger partial charge is 0.305 e. The third-order valence-corrected chi connectivity index (χ3v) is 6.91. The minimum absolute atomic E-state index is 0. The summed E-state index contributed by atoms with van der Waals surface area (Å²) in [6, 6.07) is 16.7. The lowest BCUT2D eigenvalue weighted by atomic mass is 9.81. The molecule has 0 aromatic heterocycles. The molecule has 2 aromatic rings. The molecule has 2 fully saturated rings. The first kappa shape index (κ1) is 27.5. The molecule has 2 heterocycles. The highest BCUT2D eigenvalue weighted by atomic mass is 35.5. The van der Waals surface area contributed by atoms with Crippen molar-refractivity contribution in [2.45, 2.75) is 57.2 Å². The Hall–Kier alpha value is -3.10. The Morgan fingerprint density at radius 2 is 1.69 bits per heavy atom. The van der Waals surface area contributed by atoms with Gasteiger partial charge in [0.1, 0.15) is 23.1 Å². The van der Waals surface area contributed by atoms with Crippen LogP contribution in [0.5, 0.6) is 11.5 Å². The molecule has 0 radical (unpaired) electrons. The molecule has 8 nitrogen and oxygen atoms in total. The Morgan fingerprint density at radius 1 is 1.06 bits per heavy atom. The third kappa shape index (κ3) is 6.17. The molecule has 2 amide bonds. The van der Waals surface area contributed by atoms with Gasteiger partial charge in [0.15, 0.2) is 0 Å². The van der Waals surface area contributed by atoms with Crippen LogP contribution in [0, 0.1) is 0 Å². The summed E-state index contributed by atoms with van der Waals surface area (Å²) in [6.45, 7) is 4.61. The molecule has 2 aliphatic rings. The third-order valence-electron chi connectivity index (χ3n) is 6.91. The second-order valence-corrected chi connectivity index (χ2v) is 9.33. The number of para-hydroxylation sites is 1. The van der Waals surface area contributed by atoms with Gasteiger partial charge in [0, 0.05) is 26.2 Å². The second-order valence-electron chi connectivity index (χ2n) is 9.33. The van der Waals surface area contributed by atoms with E-state index in [4.69, 9.17) is 9.84 Å². The molecule has 36 heavy (non-hydrogen) atoms. The maximum atomic E-state index is 13.2. The number of halogens is 1.